The molecule has 0 spiro atoms. The third-order valence-corrected chi connectivity index (χ3v) is 7.01. The molecule has 1 atom stereocenters. The largest absolute Gasteiger partial charge is 0.312 e. The zero-order valence-electron chi connectivity index (χ0n) is 16.5. The highest BCUT2D eigenvalue weighted by Gasteiger charge is 2.32. The van der Waals surface area contributed by atoms with Crippen molar-refractivity contribution in [2.24, 2.45) is 11.3 Å². The van der Waals surface area contributed by atoms with Crippen molar-refractivity contribution >= 4 is 33.0 Å². The zero-order chi connectivity index (χ0) is 19.9. The van der Waals surface area contributed by atoms with Crippen LogP contribution in [-0.4, -0.2) is 5.91 Å². The number of nitrogens with one attached hydrogen (secondary N) is 1. The fourth-order valence-corrected chi connectivity index (χ4v) is 5.31. The maximum absolute atomic E-state index is 12.8. The average molecular weight is 389 g/mol. The molecule has 1 N–H and O–H groups in total. The summed E-state index contributed by atoms with van der Waals surface area (Å²) in [4.78, 5) is 14.1. The Morgan fingerprint density at radius 2 is 1.93 bits per heavy atom. The van der Waals surface area contributed by atoms with Gasteiger partial charge in [0.2, 0.25) is 0 Å². The summed E-state index contributed by atoms with van der Waals surface area (Å²) in [5.74, 6) is 0.447. The molecule has 4 heteroatoms. The molecule has 1 aromatic heterocycles. The van der Waals surface area contributed by atoms with Crippen LogP contribution >= 0.6 is 11.3 Å². The predicted octanol–water partition coefficient (Wildman–Crippen LogP) is 6.18. The molecule has 0 unspecified atom stereocenters. The molecule has 4 rings (SSSR count). The Kier molecular flexibility index (Phi) is 4.72. The van der Waals surface area contributed by atoms with E-state index in [1.807, 2.05) is 42.5 Å². The first-order valence-electron chi connectivity index (χ1n) is 9.71. The highest BCUT2D eigenvalue weighted by molar-refractivity contribution is 7.16. The smallest absolute Gasteiger partial charge is 0.256 e. The monoisotopic (exact) mass is 388 g/mol. The van der Waals surface area contributed by atoms with Crippen LogP contribution in [0.2, 0.25) is 0 Å². The van der Waals surface area contributed by atoms with Crippen LogP contribution in [-0.2, 0) is 12.8 Å². The van der Waals surface area contributed by atoms with Crippen LogP contribution in [0.4, 0.5) is 5.00 Å². The van der Waals surface area contributed by atoms with Gasteiger partial charge in [0.25, 0.3) is 5.91 Å². The van der Waals surface area contributed by atoms with E-state index >= 15 is 0 Å². The van der Waals surface area contributed by atoms with Gasteiger partial charge in [0, 0.05) is 10.4 Å². The molecular formula is C24H24N2OS. The second-order valence-corrected chi connectivity index (χ2v) is 9.75. The number of anilines is 1. The number of hydrogen-bond acceptors (Lipinski definition) is 3. The van der Waals surface area contributed by atoms with Gasteiger partial charge in [0.05, 0.1) is 5.56 Å². The molecule has 28 heavy (non-hydrogen) atoms. The van der Waals surface area contributed by atoms with Crippen LogP contribution in [0, 0.1) is 22.7 Å². The highest BCUT2D eigenvalue weighted by Crippen LogP contribution is 2.44. The predicted molar refractivity (Wildman–Crippen MR) is 116 cm³/mol. The van der Waals surface area contributed by atoms with Gasteiger partial charge >= 0.3 is 0 Å². The first-order chi connectivity index (χ1) is 13.4. The van der Waals surface area contributed by atoms with Gasteiger partial charge in [-0.2, -0.15) is 5.26 Å². The number of hydrogen-bond donors (Lipinski definition) is 1. The van der Waals surface area contributed by atoms with Gasteiger partial charge in [-0.1, -0.05) is 51.1 Å². The molecule has 1 aliphatic carbocycles. The number of benzene rings is 2. The van der Waals surface area contributed by atoms with E-state index in [1.165, 1.54) is 4.88 Å². The van der Waals surface area contributed by atoms with E-state index in [0.29, 0.717) is 22.0 Å². The number of nitrogens with zero attached hydrogens (tertiary/aromatic N) is 1. The number of amides is 1. The average Bonchev–Trinajstić information content (AvgIpc) is 3.02. The summed E-state index contributed by atoms with van der Waals surface area (Å²) in [6, 6.07) is 16.0. The number of carbonyl (C=O) groups is 1. The number of carbonyl (C=O) groups excluding carboxylic acids is 1. The molecule has 0 saturated heterocycles. The van der Waals surface area contributed by atoms with Crippen molar-refractivity contribution in [3.05, 3.63) is 64.0 Å². The van der Waals surface area contributed by atoms with Crippen molar-refractivity contribution < 1.29 is 4.79 Å². The van der Waals surface area contributed by atoms with Crippen LogP contribution in [0.3, 0.4) is 0 Å². The summed E-state index contributed by atoms with van der Waals surface area (Å²) in [6.07, 6.45) is 3.01. The third-order valence-electron chi connectivity index (χ3n) is 5.84. The molecule has 3 nitrogen and oxygen atoms in total. The van der Waals surface area contributed by atoms with Gasteiger partial charge in [-0.3, -0.25) is 4.79 Å². The third kappa shape index (κ3) is 3.43. The molecule has 1 amide bonds. The van der Waals surface area contributed by atoms with Crippen LogP contribution in [0.15, 0.2) is 42.5 Å². The highest BCUT2D eigenvalue weighted by atomic mass is 32.1. The molecular weight excluding hydrogens is 364 g/mol. The Bertz CT molecular complexity index is 1100. The molecule has 0 aliphatic heterocycles. The summed E-state index contributed by atoms with van der Waals surface area (Å²) >= 11 is 1.58. The van der Waals surface area contributed by atoms with E-state index < -0.39 is 0 Å². The minimum Gasteiger partial charge on any atom is -0.312 e. The second kappa shape index (κ2) is 7.07. The first-order valence-corrected chi connectivity index (χ1v) is 10.5. The first kappa shape index (κ1) is 18.7. The lowest BCUT2D eigenvalue weighted by molar-refractivity contribution is 0.102. The number of fused-ring (bicyclic) bond motifs is 2. The summed E-state index contributed by atoms with van der Waals surface area (Å²) in [7, 11) is 0. The van der Waals surface area contributed by atoms with Gasteiger partial charge < -0.3 is 5.32 Å². The van der Waals surface area contributed by atoms with E-state index in [-0.39, 0.29) is 11.3 Å². The molecule has 1 aliphatic rings. The number of thiophene rings is 1. The fraction of sp³-hybridized carbons (Fsp3) is 0.333. The van der Waals surface area contributed by atoms with Gasteiger partial charge in [-0.25, -0.2) is 0 Å². The SMILES string of the molecule is CC(C)(C)[C@H]1CCc2c(sc(NC(=O)c3ccc4ccccc4c3)c2C#N)C1. The maximum Gasteiger partial charge on any atom is 0.256 e. The lowest BCUT2D eigenvalue weighted by Crippen LogP contribution is -2.26. The van der Waals surface area contributed by atoms with E-state index in [1.54, 1.807) is 11.3 Å². The molecule has 0 fully saturated rings. The summed E-state index contributed by atoms with van der Waals surface area (Å²) in [5, 5.41) is 15.6. The lowest BCUT2D eigenvalue weighted by Gasteiger charge is -2.33. The standard InChI is InChI=1S/C24H24N2OS/c1-24(2,3)18-10-11-19-20(14-25)23(28-21(19)13-18)26-22(27)17-9-8-15-6-4-5-7-16(15)12-17/h4-9,12,18H,10-11,13H2,1-3H3,(H,26,27)/t18-/m0/s1. The van der Waals surface area contributed by atoms with Gasteiger partial charge in [0.1, 0.15) is 11.1 Å². The molecule has 1 heterocycles. The fourth-order valence-electron chi connectivity index (χ4n) is 4.04. The van der Waals surface area contributed by atoms with Crippen LogP contribution in [0.1, 0.15) is 53.6 Å². The Labute approximate surface area is 170 Å². The van der Waals surface area contributed by atoms with E-state index in [2.05, 4.69) is 32.2 Å². The summed E-state index contributed by atoms with van der Waals surface area (Å²) in [5.41, 5.74) is 2.66. The van der Waals surface area contributed by atoms with Crippen molar-refractivity contribution in [1.29, 1.82) is 5.26 Å². The van der Waals surface area contributed by atoms with Gasteiger partial charge in [-0.05, 0) is 59.1 Å². The molecule has 3 aromatic rings. The number of rotatable bonds is 2. The molecule has 2 aromatic carbocycles. The topological polar surface area (TPSA) is 52.9 Å². The molecule has 142 valence electrons. The number of nitriles is 1. The normalized spacial score (nSPS) is 16.4. The Morgan fingerprint density at radius 1 is 1.18 bits per heavy atom. The minimum atomic E-state index is -0.159. The molecule has 0 bridgehead atoms. The van der Waals surface area contributed by atoms with Crippen LogP contribution in [0.5, 0.6) is 0 Å². The van der Waals surface area contributed by atoms with Gasteiger partial charge in [0.15, 0.2) is 0 Å². The summed E-state index contributed by atoms with van der Waals surface area (Å²) in [6.45, 7) is 6.84. The Hall–Kier alpha value is -2.64. The Morgan fingerprint density at radius 3 is 2.64 bits per heavy atom. The van der Waals surface area contributed by atoms with Crippen molar-refractivity contribution in [3.8, 4) is 6.07 Å². The zero-order valence-corrected chi connectivity index (χ0v) is 17.3. The maximum atomic E-state index is 12.8. The van der Waals surface area contributed by atoms with Crippen molar-refractivity contribution in [3.63, 3.8) is 0 Å². The van der Waals surface area contributed by atoms with Gasteiger partial charge in [-0.15, -0.1) is 11.3 Å². The molecule has 0 saturated carbocycles. The van der Waals surface area contributed by atoms with Crippen molar-refractivity contribution in [2.45, 2.75) is 40.0 Å². The summed E-state index contributed by atoms with van der Waals surface area (Å²) < 4.78 is 0. The van der Waals surface area contributed by atoms with Crippen molar-refractivity contribution in [2.75, 3.05) is 5.32 Å². The van der Waals surface area contributed by atoms with Crippen molar-refractivity contribution in [1.82, 2.24) is 0 Å². The van der Waals surface area contributed by atoms with E-state index in [4.69, 9.17) is 0 Å². The van der Waals surface area contributed by atoms with E-state index in [9.17, 15) is 10.1 Å². The van der Waals surface area contributed by atoms with Crippen LogP contribution < -0.4 is 5.32 Å². The lowest BCUT2D eigenvalue weighted by atomic mass is 9.72. The molecule has 0 radical (unpaired) electrons. The van der Waals surface area contributed by atoms with Crippen LogP contribution in [0.25, 0.3) is 10.8 Å². The quantitative estimate of drug-likeness (QED) is 0.570. The van der Waals surface area contributed by atoms with E-state index in [0.717, 1.165) is 35.6 Å². The second-order valence-electron chi connectivity index (χ2n) is 8.64. The Balaban J connectivity index is 1.62. The minimum absolute atomic E-state index is 0.159.